The fraction of sp³-hybridized carbons (Fsp3) is 0.500. The number of aromatic nitrogens is 4. The van der Waals surface area contributed by atoms with E-state index >= 15 is 0 Å². The van der Waals surface area contributed by atoms with Crippen LogP contribution in [0.5, 0.6) is 5.88 Å². The standard InChI is InChI=1S/C18H22N6O3/c1-27-16-6-5-11(7-19-16)18(26)24-9-12-3-2-4-14(13(12)10-24)21-17(25)15-8-20-23-22-15/h5-8,12-14H,2-4,9-10H2,1H3,(H,21,25)(H,20,22,23)/t12-,13+,14-/m0/s1. The molecule has 1 saturated heterocycles. The topological polar surface area (TPSA) is 113 Å². The molecule has 1 aliphatic heterocycles. The molecule has 0 aromatic carbocycles. The first-order valence-corrected chi connectivity index (χ1v) is 9.11. The summed E-state index contributed by atoms with van der Waals surface area (Å²) in [6.07, 6.45) is 5.99. The summed E-state index contributed by atoms with van der Waals surface area (Å²) in [7, 11) is 1.54. The Morgan fingerprint density at radius 3 is 2.85 bits per heavy atom. The van der Waals surface area contributed by atoms with Crippen molar-refractivity contribution in [2.75, 3.05) is 20.2 Å². The number of amides is 2. The molecule has 2 aromatic rings. The van der Waals surface area contributed by atoms with Gasteiger partial charge in [-0.1, -0.05) is 6.42 Å². The summed E-state index contributed by atoms with van der Waals surface area (Å²) in [6.45, 7) is 1.35. The van der Waals surface area contributed by atoms with Gasteiger partial charge >= 0.3 is 0 Å². The van der Waals surface area contributed by atoms with Crippen LogP contribution < -0.4 is 10.1 Å². The number of nitrogens with one attached hydrogen (secondary N) is 2. The van der Waals surface area contributed by atoms with Crippen LogP contribution in [0, 0.1) is 11.8 Å². The van der Waals surface area contributed by atoms with E-state index in [1.165, 1.54) is 6.20 Å². The first-order valence-electron chi connectivity index (χ1n) is 9.11. The minimum atomic E-state index is -0.224. The Balaban J connectivity index is 1.43. The van der Waals surface area contributed by atoms with Crippen molar-refractivity contribution in [2.24, 2.45) is 11.8 Å². The molecular formula is C18H22N6O3. The highest BCUT2D eigenvalue weighted by molar-refractivity contribution is 5.94. The van der Waals surface area contributed by atoms with Crippen molar-refractivity contribution in [2.45, 2.75) is 25.3 Å². The molecule has 1 aliphatic carbocycles. The number of hydrogen-bond acceptors (Lipinski definition) is 6. The number of ether oxygens (including phenoxy) is 1. The van der Waals surface area contributed by atoms with Crippen LogP contribution in [0.3, 0.4) is 0 Å². The Morgan fingerprint density at radius 1 is 1.26 bits per heavy atom. The van der Waals surface area contributed by atoms with Crippen molar-refractivity contribution >= 4 is 11.8 Å². The van der Waals surface area contributed by atoms with E-state index in [2.05, 4.69) is 25.7 Å². The highest BCUT2D eigenvalue weighted by Crippen LogP contribution is 2.37. The van der Waals surface area contributed by atoms with E-state index in [1.54, 1.807) is 25.4 Å². The van der Waals surface area contributed by atoms with Gasteiger partial charge in [-0.15, -0.1) is 0 Å². The molecular weight excluding hydrogens is 348 g/mol. The van der Waals surface area contributed by atoms with E-state index in [0.717, 1.165) is 19.3 Å². The third-order valence-corrected chi connectivity index (χ3v) is 5.54. The van der Waals surface area contributed by atoms with Gasteiger partial charge in [-0.25, -0.2) is 4.98 Å². The summed E-state index contributed by atoms with van der Waals surface area (Å²) in [5.41, 5.74) is 0.838. The number of fused-ring (bicyclic) bond motifs is 1. The van der Waals surface area contributed by atoms with Crippen LogP contribution in [0.4, 0.5) is 0 Å². The molecule has 0 bridgehead atoms. The Labute approximate surface area is 156 Å². The second kappa shape index (κ2) is 7.34. The lowest BCUT2D eigenvalue weighted by atomic mass is 9.78. The number of carbonyl (C=O) groups is 2. The van der Waals surface area contributed by atoms with Gasteiger partial charge in [0.15, 0.2) is 5.69 Å². The summed E-state index contributed by atoms with van der Waals surface area (Å²) >= 11 is 0. The molecule has 0 spiro atoms. The van der Waals surface area contributed by atoms with Gasteiger partial charge < -0.3 is 15.0 Å². The third kappa shape index (κ3) is 3.49. The van der Waals surface area contributed by atoms with Gasteiger partial charge in [0.25, 0.3) is 11.8 Å². The van der Waals surface area contributed by atoms with Crippen molar-refractivity contribution in [3.05, 3.63) is 35.8 Å². The van der Waals surface area contributed by atoms with E-state index < -0.39 is 0 Å². The minimum Gasteiger partial charge on any atom is -0.481 e. The molecule has 9 nitrogen and oxygen atoms in total. The molecule has 0 unspecified atom stereocenters. The maximum absolute atomic E-state index is 12.8. The molecule has 27 heavy (non-hydrogen) atoms. The van der Waals surface area contributed by atoms with E-state index in [1.807, 2.05) is 4.90 Å². The van der Waals surface area contributed by atoms with Crippen LogP contribution in [0.1, 0.15) is 40.1 Å². The van der Waals surface area contributed by atoms with E-state index in [0.29, 0.717) is 30.5 Å². The molecule has 2 fully saturated rings. The Kier molecular flexibility index (Phi) is 4.74. The summed E-state index contributed by atoms with van der Waals surface area (Å²) in [5.74, 6) is 0.887. The third-order valence-electron chi connectivity index (χ3n) is 5.54. The fourth-order valence-corrected chi connectivity index (χ4v) is 4.18. The fourth-order valence-electron chi connectivity index (χ4n) is 4.18. The first-order chi connectivity index (χ1) is 13.2. The second-order valence-electron chi connectivity index (χ2n) is 7.09. The van der Waals surface area contributed by atoms with Gasteiger partial charge in [-0.3, -0.25) is 9.59 Å². The zero-order valence-corrected chi connectivity index (χ0v) is 15.1. The van der Waals surface area contributed by atoms with Crippen molar-refractivity contribution in [3.63, 3.8) is 0 Å². The predicted molar refractivity (Wildman–Crippen MR) is 95.2 cm³/mol. The lowest BCUT2D eigenvalue weighted by Gasteiger charge is -2.33. The van der Waals surface area contributed by atoms with Crippen molar-refractivity contribution < 1.29 is 14.3 Å². The zero-order chi connectivity index (χ0) is 18.8. The molecule has 2 N–H and O–H groups in total. The van der Waals surface area contributed by atoms with Crippen molar-refractivity contribution in [1.82, 2.24) is 30.6 Å². The first kappa shape index (κ1) is 17.4. The van der Waals surface area contributed by atoms with Crippen LogP contribution in [0.15, 0.2) is 24.5 Å². The zero-order valence-electron chi connectivity index (χ0n) is 15.1. The van der Waals surface area contributed by atoms with Gasteiger partial charge in [0.1, 0.15) is 0 Å². The number of rotatable bonds is 4. The van der Waals surface area contributed by atoms with E-state index in [-0.39, 0.29) is 29.5 Å². The quantitative estimate of drug-likeness (QED) is 0.826. The molecule has 2 amide bonds. The molecule has 2 aliphatic rings. The Bertz CT molecular complexity index is 807. The van der Waals surface area contributed by atoms with Crippen molar-refractivity contribution in [3.8, 4) is 5.88 Å². The SMILES string of the molecule is COc1ccc(C(=O)N2C[C@@H]3CCC[C@H](NC(=O)c4cn[nH]n4)[C@@H]3C2)cn1. The summed E-state index contributed by atoms with van der Waals surface area (Å²) < 4.78 is 5.05. The summed E-state index contributed by atoms with van der Waals surface area (Å²) in [6, 6.07) is 3.47. The number of carbonyl (C=O) groups excluding carboxylic acids is 2. The number of nitrogens with zero attached hydrogens (tertiary/aromatic N) is 4. The molecule has 142 valence electrons. The maximum atomic E-state index is 12.8. The number of likely N-dealkylation sites (tertiary alicyclic amines) is 1. The van der Waals surface area contributed by atoms with Crippen LogP contribution in [0.25, 0.3) is 0 Å². The Hall–Kier alpha value is -2.97. The van der Waals surface area contributed by atoms with E-state index in [9.17, 15) is 9.59 Å². The largest absolute Gasteiger partial charge is 0.481 e. The lowest BCUT2D eigenvalue weighted by molar-refractivity contribution is 0.0782. The number of aromatic amines is 1. The predicted octanol–water partition coefficient (Wildman–Crippen LogP) is 0.879. The van der Waals surface area contributed by atoms with Crippen LogP contribution in [0.2, 0.25) is 0 Å². The number of H-pyrrole nitrogens is 1. The van der Waals surface area contributed by atoms with Crippen LogP contribution in [-0.4, -0.2) is 63.4 Å². The molecule has 4 rings (SSSR count). The van der Waals surface area contributed by atoms with Gasteiger partial charge in [0.05, 0.1) is 18.9 Å². The molecule has 2 aromatic heterocycles. The molecule has 3 atom stereocenters. The second-order valence-corrected chi connectivity index (χ2v) is 7.09. The van der Waals surface area contributed by atoms with Gasteiger partial charge in [-0.05, 0) is 24.8 Å². The molecule has 9 heteroatoms. The highest BCUT2D eigenvalue weighted by atomic mass is 16.5. The van der Waals surface area contributed by atoms with E-state index in [4.69, 9.17) is 4.74 Å². The number of hydrogen-bond donors (Lipinski definition) is 2. The van der Waals surface area contributed by atoms with Crippen LogP contribution in [-0.2, 0) is 0 Å². The molecule has 0 radical (unpaired) electrons. The average Bonchev–Trinajstić information content (AvgIpc) is 3.38. The Morgan fingerprint density at radius 2 is 2.15 bits per heavy atom. The highest BCUT2D eigenvalue weighted by Gasteiger charge is 2.42. The maximum Gasteiger partial charge on any atom is 0.273 e. The van der Waals surface area contributed by atoms with Gasteiger partial charge in [0, 0.05) is 37.3 Å². The van der Waals surface area contributed by atoms with Crippen LogP contribution >= 0.6 is 0 Å². The molecule has 1 saturated carbocycles. The average molecular weight is 370 g/mol. The lowest BCUT2D eigenvalue weighted by Crippen LogP contribution is -2.45. The number of methoxy groups -OCH3 is 1. The molecule has 3 heterocycles. The van der Waals surface area contributed by atoms with Gasteiger partial charge in [-0.2, -0.15) is 15.4 Å². The smallest absolute Gasteiger partial charge is 0.273 e. The van der Waals surface area contributed by atoms with Crippen molar-refractivity contribution in [1.29, 1.82) is 0 Å². The monoisotopic (exact) mass is 370 g/mol. The summed E-state index contributed by atoms with van der Waals surface area (Å²) in [4.78, 5) is 31.2. The minimum absolute atomic E-state index is 0.0267. The van der Waals surface area contributed by atoms with Gasteiger partial charge in [0.2, 0.25) is 5.88 Å². The normalized spacial score (nSPS) is 24.3. The summed E-state index contributed by atoms with van der Waals surface area (Å²) in [5, 5.41) is 13.0. The number of pyridine rings is 1.